The summed E-state index contributed by atoms with van der Waals surface area (Å²) in [6.45, 7) is -0.178. The molecule has 9 heteroatoms. The lowest BCUT2D eigenvalue weighted by atomic mass is 10.2. The summed E-state index contributed by atoms with van der Waals surface area (Å²) >= 11 is 0. The zero-order valence-corrected chi connectivity index (χ0v) is 14.0. The van der Waals surface area contributed by atoms with E-state index in [0.29, 0.717) is 15.6 Å². The van der Waals surface area contributed by atoms with Crippen molar-refractivity contribution in [2.75, 3.05) is 17.7 Å². The molecular formula is C16H15N3O5S. The van der Waals surface area contributed by atoms with Crippen molar-refractivity contribution in [3.05, 3.63) is 53.6 Å². The van der Waals surface area contributed by atoms with Gasteiger partial charge in [0, 0.05) is 12.7 Å². The van der Waals surface area contributed by atoms with E-state index >= 15 is 0 Å². The third-order valence-electron chi connectivity index (χ3n) is 3.94. The number of hydrogen-bond donors (Lipinski definition) is 2. The molecule has 0 aliphatic carbocycles. The van der Waals surface area contributed by atoms with Crippen LogP contribution in [0.5, 0.6) is 0 Å². The summed E-state index contributed by atoms with van der Waals surface area (Å²) in [6.07, 6.45) is 0. The van der Waals surface area contributed by atoms with Gasteiger partial charge in [-0.2, -0.15) is 0 Å². The van der Waals surface area contributed by atoms with Crippen LogP contribution in [0, 0.1) is 0 Å². The lowest BCUT2D eigenvalue weighted by Crippen LogP contribution is -2.48. The molecule has 0 spiro atoms. The Labute approximate surface area is 144 Å². The van der Waals surface area contributed by atoms with E-state index in [0.717, 1.165) is 6.07 Å². The Kier molecular flexibility index (Phi) is 3.88. The average molecular weight is 361 g/mol. The van der Waals surface area contributed by atoms with Gasteiger partial charge in [-0.15, -0.1) is 0 Å². The van der Waals surface area contributed by atoms with Crippen LogP contribution >= 0.6 is 0 Å². The van der Waals surface area contributed by atoms with Crippen molar-refractivity contribution >= 4 is 33.4 Å². The quantitative estimate of drug-likeness (QED) is 0.803. The fourth-order valence-corrected chi connectivity index (χ4v) is 4.19. The van der Waals surface area contributed by atoms with Gasteiger partial charge in [0.15, 0.2) is 0 Å². The summed E-state index contributed by atoms with van der Waals surface area (Å²) in [4.78, 5) is 24.6. The van der Waals surface area contributed by atoms with Crippen molar-refractivity contribution < 1.29 is 23.1 Å². The van der Waals surface area contributed by atoms with E-state index in [2.05, 4.69) is 0 Å². The van der Waals surface area contributed by atoms with E-state index in [9.17, 15) is 18.0 Å². The number of amides is 2. The van der Waals surface area contributed by atoms with Crippen LogP contribution in [0.25, 0.3) is 0 Å². The number of anilines is 2. The van der Waals surface area contributed by atoms with Gasteiger partial charge in [0.2, 0.25) is 0 Å². The molecule has 2 aromatic carbocycles. The number of nitrogens with two attached hydrogens (primary N) is 1. The van der Waals surface area contributed by atoms with E-state index in [1.165, 1.54) is 24.1 Å². The number of aromatic carboxylic acids is 1. The molecule has 25 heavy (non-hydrogen) atoms. The fourth-order valence-electron chi connectivity index (χ4n) is 2.56. The number of fused-ring (bicyclic) bond motifs is 1. The summed E-state index contributed by atoms with van der Waals surface area (Å²) in [5.41, 5.74) is 6.68. The summed E-state index contributed by atoms with van der Waals surface area (Å²) in [7, 11) is -2.74. The number of hydrogen-bond acceptors (Lipinski definition) is 5. The molecule has 0 radical (unpaired) electrons. The van der Waals surface area contributed by atoms with Crippen molar-refractivity contribution in [2.45, 2.75) is 11.4 Å². The number of carboxylic acid groups (broad SMARTS) is 1. The molecule has 8 nitrogen and oxygen atoms in total. The highest BCUT2D eigenvalue weighted by Gasteiger charge is 2.40. The first-order valence-corrected chi connectivity index (χ1v) is 8.68. The predicted octanol–water partition coefficient (Wildman–Crippen LogP) is 1.73. The summed E-state index contributed by atoms with van der Waals surface area (Å²) in [5.74, 6) is -1.25. The molecule has 1 heterocycles. The smallest absolute Gasteiger partial charge is 0.338 e. The minimum Gasteiger partial charge on any atom is -0.478 e. The number of urea groups is 1. The predicted molar refractivity (Wildman–Crippen MR) is 90.8 cm³/mol. The van der Waals surface area contributed by atoms with Gasteiger partial charge >= 0.3 is 12.0 Å². The first-order valence-electron chi connectivity index (χ1n) is 7.24. The van der Waals surface area contributed by atoms with E-state index in [1.807, 2.05) is 0 Å². The monoisotopic (exact) mass is 361 g/mol. The highest BCUT2D eigenvalue weighted by atomic mass is 32.2. The first kappa shape index (κ1) is 16.8. The molecule has 0 atom stereocenters. The van der Waals surface area contributed by atoms with Crippen LogP contribution in [0.15, 0.2) is 47.4 Å². The number of carboxylic acids is 1. The number of carbonyl (C=O) groups excluding carboxylic acids is 1. The van der Waals surface area contributed by atoms with E-state index in [1.54, 1.807) is 24.3 Å². The van der Waals surface area contributed by atoms with Crippen LogP contribution < -0.4 is 10.6 Å². The molecule has 1 aliphatic rings. The van der Waals surface area contributed by atoms with E-state index < -0.39 is 22.0 Å². The summed E-state index contributed by atoms with van der Waals surface area (Å²) in [5, 5.41) is 9.10. The third kappa shape index (κ3) is 2.78. The summed E-state index contributed by atoms with van der Waals surface area (Å²) in [6, 6.07) is 9.39. The molecule has 0 aromatic heterocycles. The van der Waals surface area contributed by atoms with Crippen LogP contribution in [-0.2, 0) is 16.6 Å². The highest BCUT2D eigenvalue weighted by molar-refractivity contribution is 7.90. The molecule has 0 saturated heterocycles. The molecule has 3 N–H and O–H groups in total. The minimum atomic E-state index is -4.18. The lowest BCUT2D eigenvalue weighted by molar-refractivity contribution is 0.0696. The molecule has 3 rings (SSSR count). The second-order valence-corrected chi connectivity index (χ2v) is 7.41. The summed E-state index contributed by atoms with van der Waals surface area (Å²) < 4.78 is 26.4. The van der Waals surface area contributed by atoms with Gasteiger partial charge in [-0.1, -0.05) is 12.1 Å². The molecule has 2 aromatic rings. The molecule has 0 unspecified atom stereocenters. The molecule has 130 valence electrons. The fraction of sp³-hybridized carbons (Fsp3) is 0.125. The Hall–Kier alpha value is -3.07. The van der Waals surface area contributed by atoms with Crippen molar-refractivity contribution in [2.24, 2.45) is 0 Å². The van der Waals surface area contributed by atoms with Gasteiger partial charge in [-0.25, -0.2) is 22.3 Å². The molecule has 0 fully saturated rings. The van der Waals surface area contributed by atoms with Crippen LogP contribution in [0.3, 0.4) is 0 Å². The molecule has 2 amide bonds. The minimum absolute atomic E-state index is 0.142. The van der Waals surface area contributed by atoms with Gasteiger partial charge in [-0.3, -0.25) is 4.90 Å². The zero-order valence-electron chi connectivity index (χ0n) is 13.2. The number of nitrogen functional groups attached to an aromatic ring is 1. The van der Waals surface area contributed by atoms with Crippen LogP contribution in [-0.4, -0.2) is 36.9 Å². The maximum absolute atomic E-state index is 12.9. The second kappa shape index (κ2) is 5.78. The van der Waals surface area contributed by atoms with Gasteiger partial charge < -0.3 is 10.8 Å². The van der Waals surface area contributed by atoms with Gasteiger partial charge in [-0.05, 0) is 35.9 Å². The van der Waals surface area contributed by atoms with Crippen LogP contribution in [0.2, 0.25) is 0 Å². The normalized spacial score (nSPS) is 15.8. The SMILES string of the molecule is CN1C(=O)N(Cc2ccc(N)cc2)S(=O)(=O)c2cc(C(=O)O)ccc21. The van der Waals surface area contributed by atoms with E-state index in [-0.39, 0.29) is 22.7 Å². The van der Waals surface area contributed by atoms with Crippen LogP contribution in [0.4, 0.5) is 16.2 Å². The van der Waals surface area contributed by atoms with Crippen molar-refractivity contribution in [1.82, 2.24) is 4.31 Å². The Morgan fingerprint density at radius 1 is 1.16 bits per heavy atom. The maximum Gasteiger partial charge on any atom is 0.338 e. The topological polar surface area (TPSA) is 121 Å². The maximum atomic E-state index is 12.9. The molecule has 0 saturated carbocycles. The number of nitrogens with zero attached hydrogens (tertiary/aromatic N) is 2. The third-order valence-corrected chi connectivity index (χ3v) is 5.69. The highest BCUT2D eigenvalue weighted by Crippen LogP contribution is 2.35. The first-order chi connectivity index (χ1) is 11.7. The largest absolute Gasteiger partial charge is 0.478 e. The van der Waals surface area contributed by atoms with Gasteiger partial charge in [0.25, 0.3) is 10.0 Å². The van der Waals surface area contributed by atoms with Crippen molar-refractivity contribution in [3.63, 3.8) is 0 Å². The lowest BCUT2D eigenvalue weighted by Gasteiger charge is -2.34. The standard InChI is InChI=1S/C16H15N3O5S/c1-18-13-7-4-11(15(20)21)8-14(13)25(23,24)19(16(18)22)9-10-2-5-12(17)6-3-10/h2-8H,9,17H2,1H3,(H,20,21). The average Bonchev–Trinajstić information content (AvgIpc) is 2.58. The molecule has 1 aliphatic heterocycles. The van der Waals surface area contributed by atoms with Crippen molar-refractivity contribution in [1.29, 1.82) is 0 Å². The molecular weight excluding hydrogens is 346 g/mol. The van der Waals surface area contributed by atoms with Gasteiger partial charge in [0.05, 0.1) is 17.8 Å². The number of rotatable bonds is 3. The zero-order chi connectivity index (χ0) is 18.4. The molecule has 0 bridgehead atoms. The van der Waals surface area contributed by atoms with Crippen LogP contribution in [0.1, 0.15) is 15.9 Å². The van der Waals surface area contributed by atoms with E-state index in [4.69, 9.17) is 10.8 Å². The Morgan fingerprint density at radius 3 is 2.40 bits per heavy atom. The second-order valence-electron chi connectivity index (χ2n) is 5.58. The number of benzene rings is 2. The van der Waals surface area contributed by atoms with Gasteiger partial charge in [0.1, 0.15) is 4.90 Å². The van der Waals surface area contributed by atoms with Crippen molar-refractivity contribution in [3.8, 4) is 0 Å². The Bertz CT molecular complexity index is 970. The number of sulfonamides is 1. The Morgan fingerprint density at radius 2 is 1.80 bits per heavy atom. The Balaban J connectivity index is 2.09. The number of carbonyl (C=O) groups is 2.